The number of hydrogen-bond acceptors (Lipinski definition) is 2. The average Bonchev–Trinajstić information content (AvgIpc) is 2.98. The van der Waals surface area contributed by atoms with Crippen molar-refractivity contribution in [3.05, 3.63) is 0 Å². The van der Waals surface area contributed by atoms with Gasteiger partial charge in [0.05, 0.1) is 0 Å². The van der Waals surface area contributed by atoms with Crippen LogP contribution in [0.15, 0.2) is 0 Å². The van der Waals surface area contributed by atoms with Crippen molar-refractivity contribution in [2.24, 2.45) is 11.8 Å². The maximum atomic E-state index is 12.5. The van der Waals surface area contributed by atoms with E-state index in [9.17, 15) is 4.79 Å². The van der Waals surface area contributed by atoms with Gasteiger partial charge in [-0.3, -0.25) is 4.79 Å². The number of halogens is 1. The third-order valence-electron chi connectivity index (χ3n) is 5.09. The van der Waals surface area contributed by atoms with Crippen LogP contribution in [0.4, 0.5) is 0 Å². The molecule has 2 rings (SSSR count). The molecule has 1 atom stereocenters. The predicted octanol–water partition coefficient (Wildman–Crippen LogP) is 3.23. The number of rotatable bonds is 5. The van der Waals surface area contributed by atoms with E-state index in [1.807, 2.05) is 11.9 Å². The molecule has 20 heavy (non-hydrogen) atoms. The van der Waals surface area contributed by atoms with E-state index in [0.29, 0.717) is 17.9 Å². The quantitative estimate of drug-likeness (QED) is 0.845. The van der Waals surface area contributed by atoms with Gasteiger partial charge in [0, 0.05) is 25.6 Å². The van der Waals surface area contributed by atoms with Crippen LogP contribution in [-0.4, -0.2) is 37.0 Å². The number of unbranched alkanes of at least 4 members (excludes halogenated alkanes) is 1. The molecule has 3 nitrogen and oxygen atoms in total. The van der Waals surface area contributed by atoms with Crippen LogP contribution in [0.2, 0.25) is 0 Å². The summed E-state index contributed by atoms with van der Waals surface area (Å²) in [7, 11) is 2.00. The van der Waals surface area contributed by atoms with Gasteiger partial charge in [0.25, 0.3) is 0 Å². The van der Waals surface area contributed by atoms with Crippen LogP contribution in [0.25, 0.3) is 0 Å². The molecular weight excluding hydrogens is 272 g/mol. The van der Waals surface area contributed by atoms with Gasteiger partial charge in [-0.1, -0.05) is 26.2 Å². The number of nitrogens with one attached hydrogen (secondary N) is 1. The molecule has 2 fully saturated rings. The fourth-order valence-corrected chi connectivity index (χ4v) is 3.63. The summed E-state index contributed by atoms with van der Waals surface area (Å²) in [6, 6.07) is 0.435. The standard InChI is InChI=1S/C16H30N2O.ClH/c1-3-4-5-13-6-8-14(9-7-13)16(19)18(2)15-10-11-17-12-15;/h13-15,17H,3-12H2,1-2H3;1H. The minimum absolute atomic E-state index is 0. The second-order valence-electron chi connectivity index (χ2n) is 6.46. The third kappa shape index (κ3) is 4.63. The van der Waals surface area contributed by atoms with E-state index in [-0.39, 0.29) is 12.4 Å². The molecule has 1 saturated carbocycles. The molecule has 0 aromatic carbocycles. The Morgan fingerprint density at radius 1 is 1.20 bits per heavy atom. The van der Waals surface area contributed by atoms with Crippen LogP contribution >= 0.6 is 12.4 Å². The number of nitrogens with zero attached hydrogens (tertiary/aromatic N) is 1. The SMILES string of the molecule is CCCCC1CCC(C(=O)N(C)C2CCNC2)CC1.Cl. The van der Waals surface area contributed by atoms with E-state index < -0.39 is 0 Å². The Morgan fingerprint density at radius 2 is 1.90 bits per heavy atom. The Morgan fingerprint density at radius 3 is 2.45 bits per heavy atom. The van der Waals surface area contributed by atoms with E-state index in [0.717, 1.165) is 38.3 Å². The fraction of sp³-hybridized carbons (Fsp3) is 0.938. The largest absolute Gasteiger partial charge is 0.341 e. The highest BCUT2D eigenvalue weighted by molar-refractivity contribution is 5.85. The Kier molecular flexibility index (Phi) is 7.90. The predicted molar refractivity (Wildman–Crippen MR) is 86.3 cm³/mol. The van der Waals surface area contributed by atoms with Crippen LogP contribution in [0.3, 0.4) is 0 Å². The molecule has 1 unspecified atom stereocenters. The first-order valence-electron chi connectivity index (χ1n) is 8.19. The van der Waals surface area contributed by atoms with Crippen LogP contribution in [-0.2, 0) is 4.79 Å². The summed E-state index contributed by atoms with van der Waals surface area (Å²) in [6.07, 6.45) is 9.94. The number of carbonyl (C=O) groups excluding carboxylic acids is 1. The number of amides is 1. The highest BCUT2D eigenvalue weighted by atomic mass is 35.5. The van der Waals surface area contributed by atoms with Gasteiger partial charge in [-0.2, -0.15) is 0 Å². The first-order chi connectivity index (χ1) is 9.22. The second-order valence-corrected chi connectivity index (χ2v) is 6.46. The molecule has 1 saturated heterocycles. The molecular formula is C16H31ClN2O. The first kappa shape index (κ1) is 17.8. The smallest absolute Gasteiger partial charge is 0.225 e. The van der Waals surface area contributed by atoms with Crippen LogP contribution in [0.1, 0.15) is 58.3 Å². The van der Waals surface area contributed by atoms with Gasteiger partial charge in [-0.15, -0.1) is 12.4 Å². The molecule has 1 aliphatic carbocycles. The molecule has 0 spiro atoms. The van der Waals surface area contributed by atoms with Crippen molar-refractivity contribution in [2.45, 2.75) is 64.3 Å². The maximum absolute atomic E-state index is 12.5. The summed E-state index contributed by atoms with van der Waals surface area (Å²) >= 11 is 0. The van der Waals surface area contributed by atoms with E-state index >= 15 is 0 Å². The Balaban J connectivity index is 0.00000200. The van der Waals surface area contributed by atoms with Crippen molar-refractivity contribution in [2.75, 3.05) is 20.1 Å². The van der Waals surface area contributed by atoms with Gasteiger partial charge in [-0.25, -0.2) is 0 Å². The summed E-state index contributed by atoms with van der Waals surface area (Å²) in [5, 5.41) is 3.35. The van der Waals surface area contributed by atoms with Crippen molar-refractivity contribution in [1.82, 2.24) is 10.2 Å². The molecule has 1 amide bonds. The first-order valence-corrected chi connectivity index (χ1v) is 8.19. The van der Waals surface area contributed by atoms with Crippen molar-refractivity contribution in [1.29, 1.82) is 0 Å². The molecule has 1 N–H and O–H groups in total. The summed E-state index contributed by atoms with van der Waals surface area (Å²) in [6.45, 7) is 4.31. The zero-order valence-corrected chi connectivity index (χ0v) is 13.9. The minimum Gasteiger partial charge on any atom is -0.341 e. The van der Waals surface area contributed by atoms with Gasteiger partial charge >= 0.3 is 0 Å². The second kappa shape index (κ2) is 8.89. The van der Waals surface area contributed by atoms with Gasteiger partial charge < -0.3 is 10.2 Å². The van der Waals surface area contributed by atoms with Crippen LogP contribution < -0.4 is 5.32 Å². The summed E-state index contributed by atoms with van der Waals surface area (Å²) in [4.78, 5) is 14.5. The van der Waals surface area contributed by atoms with Gasteiger partial charge in [-0.05, 0) is 44.6 Å². The fourth-order valence-electron chi connectivity index (χ4n) is 3.63. The lowest BCUT2D eigenvalue weighted by atomic mass is 9.79. The van der Waals surface area contributed by atoms with Crippen LogP contribution in [0, 0.1) is 11.8 Å². The number of carbonyl (C=O) groups is 1. The lowest BCUT2D eigenvalue weighted by molar-refractivity contribution is -0.137. The summed E-state index contributed by atoms with van der Waals surface area (Å²) in [5.74, 6) is 1.61. The van der Waals surface area contributed by atoms with E-state index in [1.165, 1.54) is 32.1 Å². The molecule has 0 bridgehead atoms. The summed E-state index contributed by atoms with van der Waals surface area (Å²) in [5.41, 5.74) is 0. The lowest BCUT2D eigenvalue weighted by Crippen LogP contribution is -2.42. The van der Waals surface area contributed by atoms with Crippen molar-refractivity contribution >= 4 is 18.3 Å². The average molecular weight is 303 g/mol. The molecule has 118 valence electrons. The molecule has 2 aliphatic rings. The maximum Gasteiger partial charge on any atom is 0.225 e. The Labute approximate surface area is 130 Å². The van der Waals surface area contributed by atoms with Gasteiger partial charge in [0.15, 0.2) is 0 Å². The zero-order valence-electron chi connectivity index (χ0n) is 13.1. The minimum atomic E-state index is 0. The normalized spacial score (nSPS) is 29.8. The monoisotopic (exact) mass is 302 g/mol. The molecule has 1 aliphatic heterocycles. The van der Waals surface area contributed by atoms with Gasteiger partial charge in [0.2, 0.25) is 5.91 Å². The van der Waals surface area contributed by atoms with E-state index in [4.69, 9.17) is 0 Å². The molecule has 0 radical (unpaired) electrons. The summed E-state index contributed by atoms with van der Waals surface area (Å²) < 4.78 is 0. The highest BCUT2D eigenvalue weighted by Gasteiger charge is 2.31. The van der Waals surface area contributed by atoms with Crippen molar-refractivity contribution in [3.8, 4) is 0 Å². The van der Waals surface area contributed by atoms with Crippen molar-refractivity contribution in [3.63, 3.8) is 0 Å². The van der Waals surface area contributed by atoms with E-state index in [2.05, 4.69) is 12.2 Å². The lowest BCUT2D eigenvalue weighted by Gasteiger charge is -2.32. The Hall–Kier alpha value is -0.280. The third-order valence-corrected chi connectivity index (χ3v) is 5.09. The number of hydrogen-bond donors (Lipinski definition) is 1. The highest BCUT2D eigenvalue weighted by Crippen LogP contribution is 2.33. The molecule has 1 heterocycles. The molecule has 4 heteroatoms. The topological polar surface area (TPSA) is 32.3 Å². The van der Waals surface area contributed by atoms with Crippen molar-refractivity contribution < 1.29 is 4.79 Å². The molecule has 0 aromatic heterocycles. The van der Waals surface area contributed by atoms with Gasteiger partial charge in [0.1, 0.15) is 0 Å². The zero-order chi connectivity index (χ0) is 13.7. The Bertz CT molecular complexity index is 284. The van der Waals surface area contributed by atoms with Crippen LogP contribution in [0.5, 0.6) is 0 Å². The molecule has 0 aromatic rings. The number of likely N-dealkylation sites (N-methyl/N-ethyl adjacent to an activating group) is 1. The van der Waals surface area contributed by atoms with E-state index in [1.54, 1.807) is 0 Å².